The number of nitrogens with one attached hydrogen (secondary N) is 1. The smallest absolute Gasteiger partial charge is 0.100 e. The van der Waals surface area contributed by atoms with Crippen LogP contribution in [0.15, 0.2) is 59.8 Å². The molecule has 0 amide bonds. The maximum atomic E-state index is 10.6. The van der Waals surface area contributed by atoms with E-state index in [9.17, 15) is 5.11 Å². The summed E-state index contributed by atoms with van der Waals surface area (Å²) in [5, 5.41) is 18.0. The van der Waals surface area contributed by atoms with Crippen molar-refractivity contribution in [2.45, 2.75) is 25.5 Å². The highest BCUT2D eigenvalue weighted by Crippen LogP contribution is 2.23. The third-order valence-corrected chi connectivity index (χ3v) is 4.77. The second-order valence-corrected chi connectivity index (χ2v) is 6.73. The van der Waals surface area contributed by atoms with Crippen molar-refractivity contribution in [3.63, 3.8) is 0 Å². The molecule has 23 heavy (non-hydrogen) atoms. The van der Waals surface area contributed by atoms with E-state index in [1.165, 1.54) is 5.56 Å². The average molecular weight is 327 g/mol. The monoisotopic (exact) mass is 327 g/mol. The van der Waals surface area contributed by atoms with Gasteiger partial charge in [-0.15, -0.1) is 0 Å². The van der Waals surface area contributed by atoms with Crippen molar-refractivity contribution in [2.75, 3.05) is 6.54 Å². The molecule has 3 aromatic rings. The van der Waals surface area contributed by atoms with E-state index in [4.69, 9.17) is 0 Å². The van der Waals surface area contributed by atoms with Crippen LogP contribution in [-0.4, -0.2) is 21.2 Å². The number of nitrogens with zero attached hydrogens (tertiary/aromatic N) is 2. The number of aliphatic hydroxyl groups is 1. The van der Waals surface area contributed by atoms with Crippen molar-refractivity contribution in [1.29, 1.82) is 0 Å². The second kappa shape index (κ2) is 6.66. The average Bonchev–Trinajstić information content (AvgIpc) is 3.26. The minimum absolute atomic E-state index is 0.164. The van der Waals surface area contributed by atoms with Crippen LogP contribution in [-0.2, 0) is 5.60 Å². The fourth-order valence-electron chi connectivity index (χ4n) is 2.49. The minimum atomic E-state index is -0.856. The van der Waals surface area contributed by atoms with Gasteiger partial charge in [0.1, 0.15) is 5.60 Å². The van der Waals surface area contributed by atoms with Crippen molar-refractivity contribution in [2.24, 2.45) is 0 Å². The summed E-state index contributed by atoms with van der Waals surface area (Å²) in [4.78, 5) is 4.06. The molecule has 3 rings (SSSR count). The largest absolute Gasteiger partial charge is 0.384 e. The molecule has 0 radical (unpaired) electrons. The van der Waals surface area contributed by atoms with E-state index >= 15 is 0 Å². The first kappa shape index (κ1) is 15.9. The Balaban J connectivity index is 1.63. The molecule has 0 saturated carbocycles. The molecular formula is C18H21N3OS. The van der Waals surface area contributed by atoms with Crippen molar-refractivity contribution in [3.8, 4) is 5.69 Å². The zero-order valence-corrected chi connectivity index (χ0v) is 14.1. The Morgan fingerprint density at radius 1 is 1.30 bits per heavy atom. The first-order chi connectivity index (χ1) is 11.1. The fraction of sp³-hybridized carbons (Fsp3) is 0.278. The van der Waals surface area contributed by atoms with Crippen molar-refractivity contribution in [3.05, 3.63) is 70.9 Å². The number of benzene rings is 1. The number of hydrogen-bond acceptors (Lipinski definition) is 4. The SMILES string of the molecule is C[C@H](NC[C@](C)(O)c1ccsc1)c1ccc(-n2ccnc2)cc1. The topological polar surface area (TPSA) is 50.1 Å². The van der Waals surface area contributed by atoms with E-state index in [2.05, 4.69) is 41.5 Å². The Kier molecular flexibility index (Phi) is 4.61. The molecule has 0 fully saturated rings. The van der Waals surface area contributed by atoms with Gasteiger partial charge in [-0.05, 0) is 53.9 Å². The van der Waals surface area contributed by atoms with Crippen LogP contribution in [0.1, 0.15) is 31.0 Å². The van der Waals surface area contributed by atoms with Gasteiger partial charge in [0.2, 0.25) is 0 Å². The van der Waals surface area contributed by atoms with E-state index in [-0.39, 0.29) is 6.04 Å². The molecule has 0 aliphatic rings. The third kappa shape index (κ3) is 3.69. The summed E-state index contributed by atoms with van der Waals surface area (Å²) >= 11 is 1.60. The molecule has 0 bridgehead atoms. The zero-order chi connectivity index (χ0) is 16.3. The van der Waals surface area contributed by atoms with Crippen molar-refractivity contribution < 1.29 is 5.11 Å². The summed E-state index contributed by atoms with van der Waals surface area (Å²) in [5.41, 5.74) is 2.38. The van der Waals surface area contributed by atoms with Crippen LogP contribution in [0.5, 0.6) is 0 Å². The molecule has 5 heteroatoms. The molecule has 0 saturated heterocycles. The summed E-state index contributed by atoms with van der Waals surface area (Å²) in [6.07, 6.45) is 5.48. The highest BCUT2D eigenvalue weighted by molar-refractivity contribution is 7.08. The number of rotatable bonds is 6. The van der Waals surface area contributed by atoms with Crippen molar-refractivity contribution in [1.82, 2.24) is 14.9 Å². The van der Waals surface area contributed by atoms with Crippen LogP contribution in [0, 0.1) is 0 Å². The summed E-state index contributed by atoms with van der Waals surface area (Å²) in [7, 11) is 0. The van der Waals surface area contributed by atoms with Crippen LogP contribution < -0.4 is 5.32 Å². The lowest BCUT2D eigenvalue weighted by molar-refractivity contribution is 0.0548. The van der Waals surface area contributed by atoms with Gasteiger partial charge in [0.15, 0.2) is 0 Å². The van der Waals surface area contributed by atoms with Gasteiger partial charge in [0, 0.05) is 30.7 Å². The van der Waals surface area contributed by atoms with Crippen LogP contribution in [0.2, 0.25) is 0 Å². The zero-order valence-electron chi connectivity index (χ0n) is 13.3. The van der Waals surface area contributed by atoms with Gasteiger partial charge in [-0.1, -0.05) is 12.1 Å². The van der Waals surface area contributed by atoms with Gasteiger partial charge in [-0.25, -0.2) is 4.98 Å². The maximum absolute atomic E-state index is 10.6. The Labute approximate surface area is 140 Å². The number of hydrogen-bond donors (Lipinski definition) is 2. The van der Waals surface area contributed by atoms with Gasteiger partial charge >= 0.3 is 0 Å². The maximum Gasteiger partial charge on any atom is 0.100 e. The van der Waals surface area contributed by atoms with E-state index in [1.807, 2.05) is 34.5 Å². The summed E-state index contributed by atoms with van der Waals surface area (Å²) < 4.78 is 1.98. The number of imidazole rings is 1. The predicted molar refractivity (Wildman–Crippen MR) is 93.9 cm³/mol. The first-order valence-corrected chi connectivity index (χ1v) is 8.57. The molecule has 120 valence electrons. The fourth-order valence-corrected chi connectivity index (χ4v) is 3.27. The van der Waals surface area contributed by atoms with Gasteiger partial charge in [0.25, 0.3) is 0 Å². The lowest BCUT2D eigenvalue weighted by Gasteiger charge is -2.25. The van der Waals surface area contributed by atoms with Crippen LogP contribution in [0.25, 0.3) is 5.69 Å². The molecule has 2 atom stereocenters. The standard InChI is InChI=1S/C18H21N3OS/c1-14(20-12-18(2,22)16-7-10-23-11-16)15-3-5-17(6-4-15)21-9-8-19-13-21/h3-11,13-14,20,22H,12H2,1-2H3/t14-,18-/m0/s1. The van der Waals surface area contributed by atoms with E-state index in [0.717, 1.165) is 11.3 Å². The molecule has 2 aromatic heterocycles. The summed E-state index contributed by atoms with van der Waals surface area (Å²) in [6, 6.07) is 10.5. The molecule has 2 heterocycles. The van der Waals surface area contributed by atoms with Gasteiger partial charge < -0.3 is 15.0 Å². The number of thiophene rings is 1. The number of aromatic nitrogens is 2. The first-order valence-electron chi connectivity index (χ1n) is 7.63. The summed E-state index contributed by atoms with van der Waals surface area (Å²) in [6.45, 7) is 4.46. The Morgan fingerprint density at radius 2 is 2.09 bits per heavy atom. The lowest BCUT2D eigenvalue weighted by Crippen LogP contribution is -2.36. The highest BCUT2D eigenvalue weighted by Gasteiger charge is 2.24. The molecular weight excluding hydrogens is 306 g/mol. The summed E-state index contributed by atoms with van der Waals surface area (Å²) in [5.74, 6) is 0. The quantitative estimate of drug-likeness (QED) is 0.728. The molecule has 4 nitrogen and oxygen atoms in total. The third-order valence-electron chi connectivity index (χ3n) is 4.09. The van der Waals surface area contributed by atoms with Crippen LogP contribution in [0.4, 0.5) is 0 Å². The minimum Gasteiger partial charge on any atom is -0.384 e. The lowest BCUT2D eigenvalue weighted by atomic mass is 9.98. The Bertz CT molecular complexity index is 718. The Hall–Kier alpha value is -1.95. The van der Waals surface area contributed by atoms with Crippen LogP contribution >= 0.6 is 11.3 Å². The van der Waals surface area contributed by atoms with E-state index in [1.54, 1.807) is 23.9 Å². The van der Waals surface area contributed by atoms with Gasteiger partial charge in [0.05, 0.1) is 6.33 Å². The van der Waals surface area contributed by atoms with Gasteiger partial charge in [-0.3, -0.25) is 0 Å². The van der Waals surface area contributed by atoms with E-state index in [0.29, 0.717) is 6.54 Å². The molecule has 0 aliphatic carbocycles. The molecule has 0 unspecified atom stereocenters. The molecule has 2 N–H and O–H groups in total. The predicted octanol–water partition coefficient (Wildman–Crippen LogP) is 3.49. The van der Waals surface area contributed by atoms with Crippen LogP contribution in [0.3, 0.4) is 0 Å². The normalized spacial score (nSPS) is 15.3. The highest BCUT2D eigenvalue weighted by atomic mass is 32.1. The van der Waals surface area contributed by atoms with Gasteiger partial charge in [-0.2, -0.15) is 11.3 Å². The second-order valence-electron chi connectivity index (χ2n) is 5.95. The molecule has 0 spiro atoms. The van der Waals surface area contributed by atoms with E-state index < -0.39 is 5.60 Å². The molecule has 1 aromatic carbocycles. The molecule has 0 aliphatic heterocycles. The Morgan fingerprint density at radius 3 is 2.70 bits per heavy atom. The van der Waals surface area contributed by atoms with Crippen molar-refractivity contribution >= 4 is 11.3 Å².